The van der Waals surface area contributed by atoms with Crippen LogP contribution in [0.15, 0.2) is 65.6 Å². The minimum absolute atomic E-state index is 0.0208. The van der Waals surface area contributed by atoms with Gasteiger partial charge in [0, 0.05) is 5.02 Å². The van der Waals surface area contributed by atoms with Crippen LogP contribution in [-0.2, 0) is 11.3 Å². The predicted octanol–water partition coefficient (Wildman–Crippen LogP) is 7.50. The van der Waals surface area contributed by atoms with Gasteiger partial charge in [-0.25, -0.2) is 4.79 Å². The number of carbonyl (C=O) groups excluding carboxylic acids is 3. The van der Waals surface area contributed by atoms with Crippen molar-refractivity contribution >= 4 is 69.8 Å². The van der Waals surface area contributed by atoms with Crippen LogP contribution in [0.4, 0.5) is 4.79 Å². The Hall–Kier alpha value is -2.97. The molecule has 0 bridgehead atoms. The van der Waals surface area contributed by atoms with E-state index in [1.54, 1.807) is 55.5 Å². The number of halogens is 3. The maximum atomic E-state index is 13.0. The lowest BCUT2D eigenvalue weighted by Crippen LogP contribution is -2.27. The molecule has 1 fully saturated rings. The number of benzene rings is 3. The topological polar surface area (TPSA) is 72.9 Å². The summed E-state index contributed by atoms with van der Waals surface area (Å²) in [6.45, 7) is 2.09. The predicted molar refractivity (Wildman–Crippen MR) is 142 cm³/mol. The molecule has 1 heterocycles. The van der Waals surface area contributed by atoms with Gasteiger partial charge in [0.25, 0.3) is 11.1 Å². The number of hydrogen-bond acceptors (Lipinski definition) is 6. The monoisotopic (exact) mass is 561 g/mol. The number of esters is 1. The summed E-state index contributed by atoms with van der Waals surface area (Å²) in [6, 6.07) is 16.6. The Bertz CT molecular complexity index is 1390. The van der Waals surface area contributed by atoms with Crippen LogP contribution >= 0.6 is 46.6 Å². The van der Waals surface area contributed by atoms with Gasteiger partial charge in [0.05, 0.1) is 33.7 Å². The highest BCUT2D eigenvalue weighted by Gasteiger charge is 2.35. The van der Waals surface area contributed by atoms with E-state index in [0.29, 0.717) is 16.1 Å². The van der Waals surface area contributed by atoms with E-state index in [9.17, 15) is 14.4 Å². The van der Waals surface area contributed by atoms with E-state index >= 15 is 0 Å². The van der Waals surface area contributed by atoms with Crippen LogP contribution in [0.5, 0.6) is 11.5 Å². The molecule has 4 rings (SSSR count). The van der Waals surface area contributed by atoms with Crippen LogP contribution in [0.2, 0.25) is 15.1 Å². The Labute approximate surface area is 226 Å². The van der Waals surface area contributed by atoms with E-state index in [1.165, 1.54) is 18.2 Å². The summed E-state index contributed by atoms with van der Waals surface area (Å²) in [5, 5.41) is 0.381. The third-order valence-electron chi connectivity index (χ3n) is 5.08. The van der Waals surface area contributed by atoms with E-state index in [-0.39, 0.29) is 45.2 Å². The molecule has 0 atom stereocenters. The fourth-order valence-electron chi connectivity index (χ4n) is 3.39. The molecule has 10 heteroatoms. The number of rotatable bonds is 7. The average molecular weight is 563 g/mol. The summed E-state index contributed by atoms with van der Waals surface area (Å²) >= 11 is 19.5. The van der Waals surface area contributed by atoms with Gasteiger partial charge in [-0.3, -0.25) is 14.5 Å². The Morgan fingerprint density at radius 3 is 2.36 bits per heavy atom. The second-order valence-corrected chi connectivity index (χ2v) is 9.71. The van der Waals surface area contributed by atoms with Gasteiger partial charge in [-0.15, -0.1) is 0 Å². The summed E-state index contributed by atoms with van der Waals surface area (Å²) in [5.41, 5.74) is 1.33. The lowest BCUT2D eigenvalue weighted by molar-refractivity contribution is -0.123. The second kappa shape index (κ2) is 11.4. The number of nitrogens with zero attached hydrogens (tertiary/aromatic N) is 1. The molecular weight excluding hydrogens is 545 g/mol. The molecule has 36 heavy (non-hydrogen) atoms. The minimum Gasteiger partial charge on any atom is -0.490 e. The van der Waals surface area contributed by atoms with Gasteiger partial charge >= 0.3 is 5.97 Å². The molecule has 1 aliphatic rings. The summed E-state index contributed by atoms with van der Waals surface area (Å²) in [5.74, 6) is -0.926. The molecule has 0 unspecified atom stereocenters. The zero-order valence-electron chi connectivity index (χ0n) is 18.8. The molecule has 6 nitrogen and oxygen atoms in total. The van der Waals surface area contributed by atoms with Gasteiger partial charge in [-0.2, -0.15) is 0 Å². The third kappa shape index (κ3) is 5.71. The second-order valence-electron chi connectivity index (χ2n) is 7.49. The fourth-order valence-corrected chi connectivity index (χ4v) is 4.90. The van der Waals surface area contributed by atoms with Crippen molar-refractivity contribution < 1.29 is 23.9 Å². The maximum Gasteiger partial charge on any atom is 0.345 e. The summed E-state index contributed by atoms with van der Waals surface area (Å²) in [7, 11) is 0. The highest BCUT2D eigenvalue weighted by molar-refractivity contribution is 8.18. The minimum atomic E-state index is -0.697. The van der Waals surface area contributed by atoms with Gasteiger partial charge in [0.1, 0.15) is 0 Å². The van der Waals surface area contributed by atoms with Crippen molar-refractivity contribution in [2.45, 2.75) is 13.5 Å². The SMILES string of the molecule is CCOc1cc(/C=C2\SC(=O)N(Cc3ccccc3Cl)C2=O)cc(Cl)c1OC(=O)c1ccccc1Cl. The van der Waals surface area contributed by atoms with Crippen molar-refractivity contribution in [1.29, 1.82) is 0 Å². The molecular formula is C26H18Cl3NO5S. The molecule has 3 aromatic rings. The first-order valence-corrected chi connectivity index (χ1v) is 12.6. The van der Waals surface area contributed by atoms with Gasteiger partial charge in [0.15, 0.2) is 11.5 Å². The molecule has 1 saturated heterocycles. The van der Waals surface area contributed by atoms with Gasteiger partial charge in [-0.1, -0.05) is 65.1 Å². The molecule has 0 spiro atoms. The molecule has 0 saturated carbocycles. The van der Waals surface area contributed by atoms with Crippen LogP contribution < -0.4 is 9.47 Å². The van der Waals surface area contributed by atoms with Crippen LogP contribution in [0, 0.1) is 0 Å². The van der Waals surface area contributed by atoms with E-state index < -0.39 is 17.1 Å². The molecule has 184 valence electrons. The first-order chi connectivity index (χ1) is 17.3. The molecule has 2 amide bonds. The summed E-state index contributed by atoms with van der Waals surface area (Å²) in [6.07, 6.45) is 1.53. The van der Waals surface area contributed by atoms with Crippen molar-refractivity contribution in [2.24, 2.45) is 0 Å². The molecule has 1 aliphatic heterocycles. The largest absolute Gasteiger partial charge is 0.490 e. The zero-order valence-corrected chi connectivity index (χ0v) is 21.9. The Kier molecular flexibility index (Phi) is 8.26. The van der Waals surface area contributed by atoms with Crippen molar-refractivity contribution in [3.8, 4) is 11.5 Å². The van der Waals surface area contributed by atoms with Gasteiger partial charge in [-0.05, 0) is 66.2 Å². The molecule has 0 radical (unpaired) electrons. The first kappa shape index (κ1) is 26.1. The smallest absolute Gasteiger partial charge is 0.345 e. The standard InChI is InChI=1S/C26H18Cl3NO5S/c1-2-34-21-12-15(11-20(29)23(21)35-25(32)17-8-4-6-10-19(17)28)13-22-24(31)30(26(33)36-22)14-16-7-3-5-9-18(16)27/h3-13H,2,14H2,1H3/b22-13-. The lowest BCUT2D eigenvalue weighted by atomic mass is 10.1. The van der Waals surface area contributed by atoms with E-state index in [0.717, 1.165) is 16.7 Å². The number of imide groups is 1. The van der Waals surface area contributed by atoms with Crippen LogP contribution in [-0.4, -0.2) is 28.6 Å². The average Bonchev–Trinajstić information content (AvgIpc) is 3.10. The Balaban J connectivity index is 1.60. The molecule has 0 aliphatic carbocycles. The molecule has 0 aromatic heterocycles. The maximum absolute atomic E-state index is 13.0. The van der Waals surface area contributed by atoms with Crippen molar-refractivity contribution in [3.63, 3.8) is 0 Å². The summed E-state index contributed by atoms with van der Waals surface area (Å²) in [4.78, 5) is 39.5. The lowest BCUT2D eigenvalue weighted by Gasteiger charge is -2.14. The molecule has 3 aromatic carbocycles. The number of thioether (sulfide) groups is 1. The normalized spacial score (nSPS) is 14.4. The first-order valence-electron chi connectivity index (χ1n) is 10.7. The number of amides is 2. The van der Waals surface area contributed by atoms with E-state index in [1.807, 2.05) is 0 Å². The van der Waals surface area contributed by atoms with Gasteiger partial charge in [0.2, 0.25) is 0 Å². The van der Waals surface area contributed by atoms with Crippen LogP contribution in [0.25, 0.3) is 6.08 Å². The Morgan fingerprint density at radius 1 is 0.972 bits per heavy atom. The third-order valence-corrected chi connectivity index (χ3v) is 6.96. The fraction of sp³-hybridized carbons (Fsp3) is 0.115. The van der Waals surface area contributed by atoms with E-state index in [2.05, 4.69) is 0 Å². The molecule has 0 N–H and O–H groups in total. The van der Waals surface area contributed by atoms with Crippen LogP contribution in [0.3, 0.4) is 0 Å². The summed E-state index contributed by atoms with van der Waals surface area (Å²) < 4.78 is 11.1. The number of hydrogen-bond donors (Lipinski definition) is 0. The van der Waals surface area contributed by atoms with Gasteiger partial charge < -0.3 is 9.47 Å². The van der Waals surface area contributed by atoms with Crippen molar-refractivity contribution in [3.05, 3.63) is 97.3 Å². The number of ether oxygens (including phenoxy) is 2. The Morgan fingerprint density at radius 2 is 1.67 bits per heavy atom. The van der Waals surface area contributed by atoms with Crippen molar-refractivity contribution in [1.82, 2.24) is 4.90 Å². The zero-order chi connectivity index (χ0) is 25.8. The van der Waals surface area contributed by atoms with Crippen molar-refractivity contribution in [2.75, 3.05) is 6.61 Å². The quantitative estimate of drug-likeness (QED) is 0.169. The number of carbonyl (C=O) groups is 3. The van der Waals surface area contributed by atoms with E-state index in [4.69, 9.17) is 44.3 Å². The highest BCUT2D eigenvalue weighted by atomic mass is 35.5. The highest BCUT2D eigenvalue weighted by Crippen LogP contribution is 2.40. The van der Waals surface area contributed by atoms with Crippen LogP contribution in [0.1, 0.15) is 28.4 Å².